The van der Waals surface area contributed by atoms with Crippen LogP contribution in [0.1, 0.15) is 87.0 Å². The summed E-state index contributed by atoms with van der Waals surface area (Å²) in [5, 5.41) is 21.2. The number of phosphoric acid groups is 5. The van der Waals surface area contributed by atoms with Crippen molar-refractivity contribution in [1.29, 1.82) is 0 Å². The number of aryl methyl sites for hydroxylation is 2. The molecular weight excluding hydrogens is 1720 g/mol. The van der Waals surface area contributed by atoms with Crippen LogP contribution in [-0.2, 0) is 96.5 Å². The third kappa shape index (κ3) is 18.9. The highest BCUT2D eigenvalue weighted by atomic mass is 31.2. The number of aromatic amines is 3. The lowest BCUT2D eigenvalue weighted by molar-refractivity contribution is -0.0648. The van der Waals surface area contributed by atoms with Gasteiger partial charge in [0.2, 0.25) is 5.95 Å². The van der Waals surface area contributed by atoms with Crippen molar-refractivity contribution in [2.45, 2.75) is 163 Å². The van der Waals surface area contributed by atoms with E-state index in [1.54, 1.807) is 0 Å². The normalized spacial score (nSPS) is 29.7. The molecule has 0 bridgehead atoms. The maximum atomic E-state index is 14.5. The Bertz CT molecular complexity index is 6010. The molecule has 18 N–H and O–H groups in total. The highest BCUT2D eigenvalue weighted by Crippen LogP contribution is 2.57. The predicted molar refractivity (Wildman–Crippen MR) is 395 cm³/mol. The molecule has 6 saturated heterocycles. The van der Waals surface area contributed by atoms with Crippen molar-refractivity contribution in [1.82, 2.24) is 87.2 Å². The van der Waals surface area contributed by atoms with Crippen molar-refractivity contribution < 1.29 is 131 Å². The molecule has 6 unspecified atom stereocenters. The van der Waals surface area contributed by atoms with Gasteiger partial charge in [0.05, 0.1) is 64.7 Å². The molecule has 6 fully saturated rings. The Morgan fingerprint density at radius 1 is 0.425 bits per heavy atom. The van der Waals surface area contributed by atoms with Crippen LogP contribution in [0.2, 0.25) is 0 Å². The first-order chi connectivity index (χ1) is 56.8. The zero-order chi connectivity index (χ0) is 85.4. The van der Waals surface area contributed by atoms with Gasteiger partial charge in [-0.3, -0.25) is 102 Å². The zero-order valence-electron chi connectivity index (χ0n) is 62.0. The fourth-order valence-electron chi connectivity index (χ4n) is 14.1. The number of aliphatic hydroxyl groups excluding tert-OH is 2. The number of nitrogen functional groups attached to an aromatic ring is 4. The summed E-state index contributed by atoms with van der Waals surface area (Å²) < 4.78 is 169. The number of H-pyrrole nitrogens is 3. The van der Waals surface area contributed by atoms with E-state index in [9.17, 15) is 86.3 Å². The number of anilines is 4. The largest absolute Gasteiger partial charge is 0.472 e. The fourth-order valence-corrected chi connectivity index (χ4v) is 18.9. The van der Waals surface area contributed by atoms with Crippen molar-refractivity contribution >= 4 is 96.0 Å². The minimum Gasteiger partial charge on any atom is -0.394 e. The van der Waals surface area contributed by atoms with Gasteiger partial charge in [-0.05, 0) is 19.9 Å². The Hall–Kier alpha value is -8.88. The summed E-state index contributed by atoms with van der Waals surface area (Å²) in [6.45, 7) is -3.08. The van der Waals surface area contributed by atoms with E-state index in [2.05, 4.69) is 59.8 Å². The topological polar surface area (TPSA) is 774 Å². The fraction of sp³-hybridized carbons (Fsp3) is 0.542. The highest BCUT2D eigenvalue weighted by molar-refractivity contribution is 7.48. The van der Waals surface area contributed by atoms with Crippen molar-refractivity contribution in [3.8, 4) is 0 Å². The number of aliphatic hydroxyl groups is 2. The van der Waals surface area contributed by atoms with Gasteiger partial charge in [0.15, 0.2) is 34.1 Å². The van der Waals surface area contributed by atoms with E-state index >= 15 is 0 Å². The summed E-state index contributed by atoms with van der Waals surface area (Å²) in [4.78, 5) is 177. The van der Waals surface area contributed by atoms with Gasteiger partial charge in [-0.25, -0.2) is 72.1 Å². The van der Waals surface area contributed by atoms with Gasteiger partial charge < -0.3 is 86.0 Å². The highest BCUT2D eigenvalue weighted by Gasteiger charge is 2.52. The first-order valence-electron chi connectivity index (χ1n) is 35.9. The lowest BCUT2D eigenvalue weighted by atomic mass is 10.2. The molecule has 0 aliphatic carbocycles. The van der Waals surface area contributed by atoms with Gasteiger partial charge in [-0.1, -0.05) is 0 Å². The van der Waals surface area contributed by atoms with Crippen molar-refractivity contribution in [2.75, 3.05) is 62.6 Å². The number of ether oxygens (including phenoxy) is 6. The van der Waals surface area contributed by atoms with Crippen LogP contribution in [0, 0.1) is 13.8 Å². The quantitative estimate of drug-likeness (QED) is 0.0197. The maximum absolute atomic E-state index is 14.5. The molecule has 56 nitrogen and oxygen atoms in total. The Morgan fingerprint density at radius 2 is 0.767 bits per heavy atom. The smallest absolute Gasteiger partial charge is 0.394 e. The number of fused-ring (bicyclic) bond motifs is 3. The second kappa shape index (κ2) is 34.1. The van der Waals surface area contributed by atoms with Crippen LogP contribution in [-0.4, -0.2) is 235 Å². The monoisotopic (exact) mass is 1790 g/mol. The van der Waals surface area contributed by atoms with Gasteiger partial charge in [0.1, 0.15) is 134 Å². The summed E-state index contributed by atoms with van der Waals surface area (Å²) >= 11 is 0. The van der Waals surface area contributed by atoms with Gasteiger partial charge >= 0.3 is 56.2 Å². The molecule has 9 aromatic rings. The zero-order valence-corrected chi connectivity index (χ0v) is 66.5. The Labute approximate surface area is 667 Å². The van der Waals surface area contributed by atoms with E-state index in [1.165, 1.54) is 54.2 Å². The van der Waals surface area contributed by atoms with Crippen LogP contribution in [0.15, 0.2) is 85.1 Å². The lowest BCUT2D eigenvalue weighted by Crippen LogP contribution is -2.33. The first kappa shape index (κ1) is 86.1. The molecular formula is C59H75N22O34P5. The van der Waals surface area contributed by atoms with Gasteiger partial charge in [-0.2, -0.15) is 9.97 Å². The third-order valence-corrected chi connectivity index (χ3v) is 24.9. The van der Waals surface area contributed by atoms with E-state index in [0.29, 0.717) is 0 Å². The maximum Gasteiger partial charge on any atom is 0.472 e. The Balaban J connectivity index is 0.633. The summed E-state index contributed by atoms with van der Waals surface area (Å²) in [6.07, 6.45) is -20.1. The molecule has 650 valence electrons. The number of hydrogen-bond acceptors (Lipinski definition) is 42. The number of nitrogens with one attached hydrogen (secondary N) is 3. The molecule has 0 saturated carbocycles. The minimum atomic E-state index is -5.65. The van der Waals surface area contributed by atoms with Crippen molar-refractivity contribution in [3.63, 3.8) is 0 Å². The standard InChI is InChI=1S/C59H75N22O34P5/c1-24-11-77(58(88)74-53(24)84)39-5-26(83)33(106-39)14-100-116(90,91)114-30-9-43(80-22-69-46-49(62)65-20-67-51(46)80)109-36(30)17-103-118(94,95)112-28-7-40(76-4-3-38(60)71-57(76)87)107-34(28)15-102-120(98,99)115-31-10-44(81-23-70-47-52(81)72-56(63)73-55(47)86)110-37(31)18-104-119(96,97)113-29-8-41(78-12-25(2)54(85)75-59(78)89)108-35(29)16-101-117(92,93)111-27-6-42(105-32(27)13-82)79-21-68-45-48(61)64-19-66-50(45)79/h3-4,11-12,19-23,26-37,39-44,82-83H,5-10,13-18H2,1-2H3,(H,90,91)(H,92,93)(H,94,95)(H,96,97)(H,98,99)(H2,60,71,87)(H2,61,64,66)(H2,62,65,67)(H,74,84,88)(H,75,85,89)(H3,63,72,73,86)/t26-,27-,28-,29?,30-,31+,32+,33+,34+,35+,36+,37+,39+,40+,41+,42-,43+,44+/m0/s1. The molecule has 61 heteroatoms. The average Bonchev–Trinajstić information content (AvgIpc) is 1.63. The summed E-state index contributed by atoms with van der Waals surface area (Å²) in [6, 6.07) is 1.19. The number of nitrogens with zero attached hydrogens (tertiary/aromatic N) is 15. The molecule has 6 aliphatic heterocycles. The Kier molecular flexibility index (Phi) is 24.5. The van der Waals surface area contributed by atoms with Crippen LogP contribution in [0.3, 0.4) is 0 Å². The van der Waals surface area contributed by atoms with E-state index < -0.39 is 248 Å². The Morgan fingerprint density at radius 3 is 1.17 bits per heavy atom. The first-order valence-corrected chi connectivity index (χ1v) is 43.4. The van der Waals surface area contributed by atoms with E-state index in [-0.39, 0.29) is 81.3 Å². The van der Waals surface area contributed by atoms with E-state index in [1.807, 2.05) is 0 Å². The molecule has 23 atom stereocenters. The SMILES string of the molecule is Cc1cn([C@H]2CC(OP(=O)(O)OC[C@H]3O[C@@H](n4cnc5c(=O)[nH]c(N)nc54)C[C@H]3OP(=O)(O)OC[C@H]3O[C@@H](n4ccc(N)nc4=O)C[C@@H]3OP(=O)(O)OC[C@H]3O[C@@H](n4cnc5c(N)ncnc54)C[C@@H]3OP(=O)(O)OC[C@H]3O[C@@H](n4cc(C)c(=O)[nH]c4=O)C[C@@H]3O)[C@@H](COP(=O)(O)O[C@H]3C[C@@H](n4cnc5c(N)ncnc54)O[C@@H]3CO)O2)c(=O)[nH]c1=O. The lowest BCUT2D eigenvalue weighted by Gasteiger charge is -2.26. The number of imidazole rings is 3. The molecule has 9 aromatic heterocycles. The van der Waals surface area contributed by atoms with Gasteiger partial charge in [-0.15, -0.1) is 0 Å². The molecule has 120 heavy (non-hydrogen) atoms. The van der Waals surface area contributed by atoms with Crippen molar-refractivity contribution in [3.05, 3.63) is 130 Å². The number of nitrogens with two attached hydrogens (primary N) is 4. The molecule has 0 spiro atoms. The third-order valence-electron chi connectivity index (χ3n) is 19.9. The number of hydrogen-bond donors (Lipinski definition) is 14. The summed E-state index contributed by atoms with van der Waals surface area (Å²) in [5.74, 6) is -0.643. The molecule has 0 radical (unpaired) electrons. The van der Waals surface area contributed by atoms with Crippen LogP contribution in [0.4, 0.5) is 23.4 Å². The van der Waals surface area contributed by atoms with Crippen LogP contribution >= 0.6 is 39.1 Å². The summed E-state index contributed by atoms with van der Waals surface area (Å²) in [5.41, 5.74) is 18.7. The molecule has 15 heterocycles. The number of aromatic nitrogens is 18. The second-order valence-corrected chi connectivity index (χ2v) is 35.0. The second-order valence-electron chi connectivity index (χ2n) is 27.9. The van der Waals surface area contributed by atoms with Crippen LogP contribution in [0.5, 0.6) is 0 Å². The predicted octanol–water partition coefficient (Wildman–Crippen LogP) is -2.31. The molecule has 6 aliphatic rings. The van der Waals surface area contributed by atoms with E-state index in [0.717, 1.165) is 43.3 Å². The number of phosphoric ester groups is 5. The molecule has 0 aromatic carbocycles. The van der Waals surface area contributed by atoms with Crippen molar-refractivity contribution in [2.24, 2.45) is 0 Å². The average molecular weight is 1790 g/mol. The van der Waals surface area contributed by atoms with Gasteiger partial charge in [0.25, 0.3) is 16.7 Å². The van der Waals surface area contributed by atoms with Crippen LogP contribution in [0.25, 0.3) is 33.5 Å². The van der Waals surface area contributed by atoms with Crippen LogP contribution < -0.4 is 56.7 Å². The van der Waals surface area contributed by atoms with E-state index in [4.69, 9.17) is 96.6 Å². The van der Waals surface area contributed by atoms with Gasteiger partial charge in [0, 0.05) is 68.2 Å². The summed E-state index contributed by atoms with van der Waals surface area (Å²) in [7, 11) is -27.4. The minimum absolute atomic E-state index is 0.00173. The number of rotatable bonds is 32. The molecule has 0 amide bonds. The molecule has 15 rings (SSSR count).